The maximum atomic E-state index is 6.15. The Morgan fingerprint density at radius 1 is 1.44 bits per heavy atom. The fourth-order valence-corrected chi connectivity index (χ4v) is 2.51. The maximum Gasteiger partial charge on any atom is 0.142 e. The number of hydrogen-bond donors (Lipinski definition) is 1. The lowest BCUT2D eigenvalue weighted by Crippen LogP contribution is -2.29. The zero-order chi connectivity index (χ0) is 13.0. The molecule has 0 saturated heterocycles. The smallest absolute Gasteiger partial charge is 0.142 e. The zero-order valence-corrected chi connectivity index (χ0v) is 11.8. The van der Waals surface area contributed by atoms with E-state index in [1.54, 1.807) is 0 Å². The Hall–Kier alpha value is -0.770. The molecular formula is C14H21ClN2O. The average molecular weight is 269 g/mol. The molecule has 0 fully saturated rings. The van der Waals surface area contributed by atoms with Crippen LogP contribution >= 0.6 is 11.6 Å². The second kappa shape index (κ2) is 6.41. The molecule has 2 rings (SSSR count). The van der Waals surface area contributed by atoms with Crippen molar-refractivity contribution < 1.29 is 4.74 Å². The number of fused-ring (bicyclic) bond motifs is 1. The Kier molecular flexibility index (Phi) is 4.87. The summed E-state index contributed by atoms with van der Waals surface area (Å²) in [5.74, 6) is 0.857. The minimum atomic E-state index is 0.370. The van der Waals surface area contributed by atoms with Crippen molar-refractivity contribution in [2.24, 2.45) is 0 Å². The molecule has 3 nitrogen and oxygen atoms in total. The summed E-state index contributed by atoms with van der Waals surface area (Å²) in [5, 5.41) is 4.31. The molecular weight excluding hydrogens is 248 g/mol. The fraction of sp³-hybridized carbons (Fsp3) is 0.571. The third kappa shape index (κ3) is 3.37. The highest BCUT2D eigenvalue weighted by atomic mass is 35.5. The lowest BCUT2D eigenvalue weighted by atomic mass is 10.0. The Balaban J connectivity index is 1.94. The van der Waals surface area contributed by atoms with Gasteiger partial charge in [0.1, 0.15) is 5.75 Å². The van der Waals surface area contributed by atoms with Crippen molar-refractivity contribution in [3.8, 4) is 5.75 Å². The van der Waals surface area contributed by atoms with Gasteiger partial charge in [-0.05, 0) is 39.7 Å². The monoisotopic (exact) mass is 268 g/mol. The third-order valence-electron chi connectivity index (χ3n) is 3.20. The van der Waals surface area contributed by atoms with Gasteiger partial charge in [-0.1, -0.05) is 23.7 Å². The number of benzene rings is 1. The second-order valence-corrected chi connectivity index (χ2v) is 5.37. The van der Waals surface area contributed by atoms with Gasteiger partial charge in [-0.2, -0.15) is 0 Å². The van der Waals surface area contributed by atoms with Gasteiger partial charge in [0, 0.05) is 18.0 Å². The van der Waals surface area contributed by atoms with Gasteiger partial charge >= 0.3 is 0 Å². The molecule has 1 aromatic carbocycles. The summed E-state index contributed by atoms with van der Waals surface area (Å²) in [6.45, 7) is 2.87. The van der Waals surface area contributed by atoms with Crippen molar-refractivity contribution in [2.75, 3.05) is 33.8 Å². The molecule has 4 heteroatoms. The van der Waals surface area contributed by atoms with E-state index in [2.05, 4.69) is 30.4 Å². The molecule has 0 amide bonds. The molecule has 0 saturated carbocycles. The van der Waals surface area contributed by atoms with Gasteiger partial charge in [0.15, 0.2) is 0 Å². The molecule has 0 radical (unpaired) electrons. The average Bonchev–Trinajstić information content (AvgIpc) is 2.35. The summed E-state index contributed by atoms with van der Waals surface area (Å²) in [6.07, 6.45) is 2.16. The zero-order valence-electron chi connectivity index (χ0n) is 11.1. The van der Waals surface area contributed by atoms with E-state index in [-0.39, 0.29) is 0 Å². The van der Waals surface area contributed by atoms with Gasteiger partial charge in [-0.3, -0.25) is 0 Å². The van der Waals surface area contributed by atoms with Crippen LogP contribution in [0.5, 0.6) is 5.75 Å². The van der Waals surface area contributed by atoms with Crippen LogP contribution in [0.25, 0.3) is 0 Å². The number of hydrogen-bond acceptors (Lipinski definition) is 3. The van der Waals surface area contributed by atoms with Gasteiger partial charge < -0.3 is 15.0 Å². The number of halogens is 1. The van der Waals surface area contributed by atoms with Gasteiger partial charge in [0.25, 0.3) is 0 Å². The van der Waals surface area contributed by atoms with Gasteiger partial charge in [0.2, 0.25) is 0 Å². The molecule has 18 heavy (non-hydrogen) atoms. The predicted octanol–water partition coefficient (Wildman–Crippen LogP) is 2.70. The molecule has 1 atom stereocenters. The van der Waals surface area contributed by atoms with E-state index in [1.165, 1.54) is 5.56 Å². The van der Waals surface area contributed by atoms with E-state index < -0.39 is 0 Å². The van der Waals surface area contributed by atoms with Crippen LogP contribution in [-0.2, 0) is 0 Å². The van der Waals surface area contributed by atoms with Gasteiger partial charge in [0.05, 0.1) is 11.6 Å². The molecule has 1 heterocycles. The van der Waals surface area contributed by atoms with Gasteiger partial charge in [-0.15, -0.1) is 0 Å². The Labute approximate surface area is 114 Å². The van der Waals surface area contributed by atoms with Crippen LogP contribution in [0.4, 0.5) is 0 Å². The van der Waals surface area contributed by atoms with E-state index in [9.17, 15) is 0 Å². The summed E-state index contributed by atoms with van der Waals surface area (Å²) < 4.78 is 5.65. The van der Waals surface area contributed by atoms with Crippen molar-refractivity contribution in [2.45, 2.75) is 18.9 Å². The van der Waals surface area contributed by atoms with Crippen LogP contribution in [0.3, 0.4) is 0 Å². The number of rotatable bonds is 5. The molecule has 0 spiro atoms. The van der Waals surface area contributed by atoms with Crippen molar-refractivity contribution in [1.82, 2.24) is 10.2 Å². The second-order valence-electron chi connectivity index (χ2n) is 4.96. The summed E-state index contributed by atoms with van der Waals surface area (Å²) in [4.78, 5) is 2.20. The predicted molar refractivity (Wildman–Crippen MR) is 75.5 cm³/mol. The topological polar surface area (TPSA) is 24.5 Å². The van der Waals surface area contributed by atoms with E-state index >= 15 is 0 Å². The van der Waals surface area contributed by atoms with Crippen molar-refractivity contribution >= 4 is 11.6 Å². The highest BCUT2D eigenvalue weighted by molar-refractivity contribution is 6.32. The Morgan fingerprint density at radius 3 is 3.06 bits per heavy atom. The molecule has 1 unspecified atom stereocenters. The van der Waals surface area contributed by atoms with E-state index in [1.807, 2.05) is 12.1 Å². The van der Waals surface area contributed by atoms with E-state index in [0.29, 0.717) is 11.1 Å². The molecule has 1 aromatic rings. The van der Waals surface area contributed by atoms with Crippen LogP contribution < -0.4 is 10.1 Å². The third-order valence-corrected chi connectivity index (χ3v) is 3.50. The summed E-state index contributed by atoms with van der Waals surface area (Å²) >= 11 is 6.15. The van der Waals surface area contributed by atoms with Crippen LogP contribution in [0.2, 0.25) is 5.02 Å². The molecule has 100 valence electrons. The molecule has 1 aliphatic heterocycles. The number of para-hydroxylation sites is 1. The maximum absolute atomic E-state index is 6.15. The summed E-state index contributed by atoms with van der Waals surface area (Å²) in [7, 11) is 4.20. The highest BCUT2D eigenvalue weighted by Crippen LogP contribution is 2.37. The number of ether oxygens (including phenoxy) is 1. The lowest BCUT2D eigenvalue weighted by molar-refractivity contribution is 0.251. The van der Waals surface area contributed by atoms with Crippen LogP contribution in [0, 0.1) is 0 Å². The SMILES string of the molecule is CN(C)CCCNC1CCOc2c(Cl)cccc21. The quantitative estimate of drug-likeness (QED) is 0.831. The first-order valence-electron chi connectivity index (χ1n) is 6.48. The van der Waals surface area contributed by atoms with Gasteiger partial charge in [-0.25, -0.2) is 0 Å². The molecule has 0 aromatic heterocycles. The number of nitrogens with one attached hydrogen (secondary N) is 1. The van der Waals surface area contributed by atoms with E-state index in [0.717, 1.165) is 38.3 Å². The van der Waals surface area contributed by atoms with Crippen LogP contribution in [-0.4, -0.2) is 38.7 Å². The van der Waals surface area contributed by atoms with Crippen molar-refractivity contribution in [1.29, 1.82) is 0 Å². The normalized spacial score (nSPS) is 18.6. The minimum absolute atomic E-state index is 0.370. The largest absolute Gasteiger partial charge is 0.492 e. The fourth-order valence-electron chi connectivity index (χ4n) is 2.27. The molecule has 0 bridgehead atoms. The minimum Gasteiger partial charge on any atom is -0.492 e. The highest BCUT2D eigenvalue weighted by Gasteiger charge is 2.22. The lowest BCUT2D eigenvalue weighted by Gasteiger charge is -2.27. The van der Waals surface area contributed by atoms with Crippen LogP contribution in [0.15, 0.2) is 18.2 Å². The van der Waals surface area contributed by atoms with Crippen molar-refractivity contribution in [3.63, 3.8) is 0 Å². The molecule has 1 aliphatic rings. The first-order chi connectivity index (χ1) is 8.68. The Bertz CT molecular complexity index is 395. The number of nitrogens with zero attached hydrogens (tertiary/aromatic N) is 1. The van der Waals surface area contributed by atoms with Crippen molar-refractivity contribution in [3.05, 3.63) is 28.8 Å². The summed E-state index contributed by atoms with van der Waals surface area (Å²) in [5.41, 5.74) is 1.19. The van der Waals surface area contributed by atoms with E-state index in [4.69, 9.17) is 16.3 Å². The first-order valence-corrected chi connectivity index (χ1v) is 6.85. The molecule has 1 N–H and O–H groups in total. The van der Waals surface area contributed by atoms with Crippen LogP contribution in [0.1, 0.15) is 24.4 Å². The summed E-state index contributed by atoms with van der Waals surface area (Å²) in [6, 6.07) is 6.35. The first kappa shape index (κ1) is 13.7. The Morgan fingerprint density at radius 2 is 2.28 bits per heavy atom. The molecule has 0 aliphatic carbocycles. The standard InChI is InChI=1S/C14H21ClN2O/c1-17(2)9-4-8-16-13-7-10-18-14-11(13)5-3-6-12(14)15/h3,5-6,13,16H,4,7-10H2,1-2H3.